The molecule has 1 heterocycles. The zero-order valence-electron chi connectivity index (χ0n) is 37.0. The van der Waals surface area contributed by atoms with E-state index in [1.54, 1.807) is 0 Å². The number of fused-ring (bicyclic) bond motifs is 9. The molecule has 0 aliphatic heterocycles. The predicted octanol–water partition coefficient (Wildman–Crippen LogP) is 15.9. The molecule has 0 fully saturated rings. The van der Waals surface area contributed by atoms with Gasteiger partial charge in [0.15, 0.2) is 17.5 Å². The van der Waals surface area contributed by atoms with Crippen molar-refractivity contribution in [3.63, 3.8) is 0 Å². The van der Waals surface area contributed by atoms with Crippen LogP contribution in [0.3, 0.4) is 0 Å². The fourth-order valence-corrected chi connectivity index (χ4v) is 11.2. The topological polar surface area (TPSA) is 38.7 Å². The van der Waals surface area contributed by atoms with Gasteiger partial charge in [0.05, 0.1) is 5.41 Å². The highest BCUT2D eigenvalue weighted by Gasteiger charge is 2.52. The van der Waals surface area contributed by atoms with Crippen LogP contribution in [0, 0.1) is 0 Å². The molecule has 9 aromatic rings. The van der Waals surface area contributed by atoms with Crippen molar-refractivity contribution in [2.75, 3.05) is 0 Å². The van der Waals surface area contributed by atoms with Gasteiger partial charge >= 0.3 is 0 Å². The summed E-state index contributed by atoms with van der Waals surface area (Å²) in [7, 11) is 0. The first-order valence-corrected chi connectivity index (χ1v) is 23.5. The summed E-state index contributed by atoms with van der Waals surface area (Å²) in [5, 5.41) is 0. The van der Waals surface area contributed by atoms with Gasteiger partial charge < -0.3 is 0 Å². The van der Waals surface area contributed by atoms with Crippen molar-refractivity contribution < 1.29 is 0 Å². The number of allylic oxidation sites excluding steroid dienone is 8. The summed E-state index contributed by atoms with van der Waals surface area (Å²) in [6.07, 6.45) is 16.7. The van der Waals surface area contributed by atoms with Gasteiger partial charge in [-0.2, -0.15) is 0 Å². The zero-order chi connectivity index (χ0) is 44.3. The average Bonchev–Trinajstić information content (AvgIpc) is 3.88. The van der Waals surface area contributed by atoms with Crippen LogP contribution in [-0.4, -0.2) is 15.0 Å². The Labute approximate surface area is 392 Å². The molecule has 1 aromatic heterocycles. The standard InChI is InChI=1S/C64H45N3/c1-5-19-42(20-6-1)47-35-48(43-21-7-2-8-22-43)38-51(37-47)62-65-61(66-63(67-62)52-39-49(44-23-9-3-10-24-44)36-50(40-52)45-25-11-4-12-26-45)46-33-34-56-55-29-15-18-32-59(55)64(60(56)41-46)57-30-16-13-27-53(57)54-28-14-17-31-58(54)64/h1-13,15-25,27,29-41,45H,14,26,28H2. The maximum absolute atomic E-state index is 5.52. The lowest BCUT2D eigenvalue weighted by molar-refractivity contribution is 0.780. The minimum atomic E-state index is -0.445. The Hall–Kier alpha value is -8.27. The summed E-state index contributed by atoms with van der Waals surface area (Å²) in [6, 6.07) is 70.6. The van der Waals surface area contributed by atoms with Crippen LogP contribution in [0.2, 0.25) is 0 Å². The van der Waals surface area contributed by atoms with E-state index in [1.165, 1.54) is 50.1 Å². The number of benzene rings is 8. The second-order valence-corrected chi connectivity index (χ2v) is 18.1. The molecule has 13 rings (SSSR count). The van der Waals surface area contributed by atoms with Gasteiger partial charge in [0.25, 0.3) is 0 Å². The van der Waals surface area contributed by atoms with Gasteiger partial charge in [0, 0.05) is 22.6 Å². The van der Waals surface area contributed by atoms with Crippen LogP contribution in [0.5, 0.6) is 0 Å². The summed E-state index contributed by atoms with van der Waals surface area (Å²) in [5.74, 6) is 2.16. The number of rotatable bonds is 7. The zero-order valence-corrected chi connectivity index (χ0v) is 37.0. The Morgan fingerprint density at radius 3 is 1.52 bits per heavy atom. The Kier molecular flexibility index (Phi) is 9.35. The molecule has 0 saturated carbocycles. The normalized spacial score (nSPS) is 17.3. The largest absolute Gasteiger partial charge is 0.208 e. The van der Waals surface area contributed by atoms with Crippen molar-refractivity contribution in [2.24, 2.45) is 0 Å². The van der Waals surface area contributed by atoms with E-state index in [4.69, 9.17) is 15.0 Å². The summed E-state index contributed by atoms with van der Waals surface area (Å²) < 4.78 is 0. The molecule has 3 nitrogen and oxygen atoms in total. The minimum absolute atomic E-state index is 0.237. The van der Waals surface area contributed by atoms with Gasteiger partial charge in [0.2, 0.25) is 0 Å². The first-order valence-electron chi connectivity index (χ1n) is 23.5. The molecule has 4 aliphatic rings. The third kappa shape index (κ3) is 6.53. The highest BCUT2D eigenvalue weighted by atomic mass is 15.0. The van der Waals surface area contributed by atoms with Crippen LogP contribution < -0.4 is 0 Å². The van der Waals surface area contributed by atoms with E-state index in [1.807, 2.05) is 0 Å². The fourth-order valence-electron chi connectivity index (χ4n) is 11.2. The quantitative estimate of drug-likeness (QED) is 0.160. The number of nitrogens with zero attached hydrogens (tertiary/aromatic N) is 3. The van der Waals surface area contributed by atoms with Crippen LogP contribution in [0.4, 0.5) is 0 Å². The monoisotopic (exact) mass is 855 g/mol. The number of aromatic nitrogens is 3. The van der Waals surface area contributed by atoms with E-state index in [-0.39, 0.29) is 5.92 Å². The molecule has 0 bridgehead atoms. The first kappa shape index (κ1) is 39.1. The highest BCUT2D eigenvalue weighted by molar-refractivity contribution is 5.97. The van der Waals surface area contributed by atoms with Gasteiger partial charge in [-0.3, -0.25) is 0 Å². The Morgan fingerprint density at radius 1 is 0.388 bits per heavy atom. The molecule has 0 radical (unpaired) electrons. The molecule has 1 spiro atoms. The van der Waals surface area contributed by atoms with Crippen LogP contribution in [0.1, 0.15) is 53.0 Å². The summed E-state index contributed by atoms with van der Waals surface area (Å²) in [6.45, 7) is 0. The Balaban J connectivity index is 1.06. The molecule has 0 saturated heterocycles. The van der Waals surface area contributed by atoms with E-state index >= 15 is 0 Å². The Morgan fingerprint density at radius 2 is 0.896 bits per heavy atom. The summed E-state index contributed by atoms with van der Waals surface area (Å²) in [4.78, 5) is 16.5. The first-order chi connectivity index (χ1) is 33.2. The van der Waals surface area contributed by atoms with Crippen molar-refractivity contribution in [3.05, 3.63) is 264 Å². The lowest BCUT2D eigenvalue weighted by Crippen LogP contribution is -2.27. The maximum Gasteiger partial charge on any atom is 0.164 e. The molecule has 8 aromatic carbocycles. The molecule has 4 aliphatic carbocycles. The molecular weight excluding hydrogens is 811 g/mol. The van der Waals surface area contributed by atoms with Crippen molar-refractivity contribution in [1.82, 2.24) is 15.0 Å². The van der Waals surface area contributed by atoms with Gasteiger partial charge in [-0.25, -0.2) is 15.0 Å². The number of hydrogen-bond donors (Lipinski definition) is 0. The Bertz CT molecular complexity index is 3480. The second kappa shape index (κ2) is 16.0. The molecule has 2 unspecified atom stereocenters. The van der Waals surface area contributed by atoms with E-state index < -0.39 is 5.41 Å². The van der Waals surface area contributed by atoms with Crippen molar-refractivity contribution in [3.8, 4) is 78.7 Å². The molecule has 0 amide bonds. The smallest absolute Gasteiger partial charge is 0.164 e. The van der Waals surface area contributed by atoms with Gasteiger partial charge in [-0.05, 0) is 139 Å². The van der Waals surface area contributed by atoms with Gasteiger partial charge in [0.1, 0.15) is 0 Å². The SMILES string of the molecule is C1=CCC(c2cc(-c3ccccc3)cc(-c3nc(-c4cc(-c5ccccc5)cc(-c5ccccc5)c4)nc(-c4ccc5c(c4)C4(C6=C(CCC=C6)c6ccccc64)c4ccccc4-5)n3)c2)C=C1. The summed E-state index contributed by atoms with van der Waals surface area (Å²) >= 11 is 0. The maximum atomic E-state index is 5.52. The van der Waals surface area contributed by atoms with Crippen molar-refractivity contribution in [2.45, 2.75) is 30.6 Å². The van der Waals surface area contributed by atoms with Crippen LogP contribution in [0.25, 0.3) is 84.2 Å². The van der Waals surface area contributed by atoms with Crippen LogP contribution in [0.15, 0.2) is 236 Å². The average molecular weight is 856 g/mol. The van der Waals surface area contributed by atoms with E-state index in [9.17, 15) is 0 Å². The second-order valence-electron chi connectivity index (χ2n) is 18.1. The minimum Gasteiger partial charge on any atom is -0.208 e. The summed E-state index contributed by atoms with van der Waals surface area (Å²) in [5.41, 5.74) is 21.2. The van der Waals surface area contributed by atoms with Crippen molar-refractivity contribution in [1.29, 1.82) is 0 Å². The van der Waals surface area contributed by atoms with Crippen LogP contribution >= 0.6 is 0 Å². The van der Waals surface area contributed by atoms with Gasteiger partial charge in [-0.1, -0.05) is 194 Å². The van der Waals surface area contributed by atoms with E-state index in [0.717, 1.165) is 69.3 Å². The van der Waals surface area contributed by atoms with E-state index in [0.29, 0.717) is 17.5 Å². The third-order valence-corrected chi connectivity index (χ3v) is 14.3. The molecular formula is C64H45N3. The predicted molar refractivity (Wildman–Crippen MR) is 275 cm³/mol. The highest BCUT2D eigenvalue weighted by Crippen LogP contribution is 2.63. The molecule has 3 heteroatoms. The van der Waals surface area contributed by atoms with Crippen LogP contribution in [-0.2, 0) is 5.41 Å². The lowest BCUT2D eigenvalue weighted by atomic mass is 9.69. The van der Waals surface area contributed by atoms with E-state index in [2.05, 4.69) is 231 Å². The van der Waals surface area contributed by atoms with Gasteiger partial charge in [-0.15, -0.1) is 0 Å². The third-order valence-electron chi connectivity index (χ3n) is 14.3. The lowest BCUT2D eigenvalue weighted by Gasteiger charge is -2.32. The molecule has 0 N–H and O–H groups in total. The molecule has 67 heavy (non-hydrogen) atoms. The fraction of sp³-hybridized carbons (Fsp3) is 0.0781. The molecule has 2 atom stereocenters. The van der Waals surface area contributed by atoms with Crippen molar-refractivity contribution >= 4 is 5.57 Å². The number of hydrogen-bond acceptors (Lipinski definition) is 3. The molecule has 316 valence electrons.